The highest BCUT2D eigenvalue weighted by molar-refractivity contribution is 5.86. The van der Waals surface area contributed by atoms with E-state index in [0.717, 1.165) is 22.2 Å². The fraction of sp³-hybridized carbons (Fsp3) is 0.474. The van der Waals surface area contributed by atoms with Crippen molar-refractivity contribution in [1.82, 2.24) is 29.9 Å². The van der Waals surface area contributed by atoms with Crippen molar-refractivity contribution in [3.05, 3.63) is 24.7 Å². The maximum atomic E-state index is 11.5. The van der Waals surface area contributed by atoms with Crippen molar-refractivity contribution < 1.29 is 9.53 Å². The van der Waals surface area contributed by atoms with Crippen LogP contribution in [0.15, 0.2) is 24.7 Å². The van der Waals surface area contributed by atoms with Gasteiger partial charge in [0.1, 0.15) is 6.10 Å². The van der Waals surface area contributed by atoms with Crippen LogP contribution in [0.3, 0.4) is 0 Å². The Balaban J connectivity index is 1.50. The molecule has 27 heavy (non-hydrogen) atoms. The Kier molecular flexibility index (Phi) is 3.66. The number of pyridine rings is 1. The number of ether oxygens (including phenoxy) is 1. The largest absolute Gasteiger partial charge is 0.474 e. The van der Waals surface area contributed by atoms with Crippen LogP contribution in [0.4, 0.5) is 0 Å². The molecule has 140 valence electrons. The third-order valence-electron chi connectivity index (χ3n) is 5.37. The minimum Gasteiger partial charge on any atom is -0.474 e. The Hall–Kier alpha value is -2.90. The van der Waals surface area contributed by atoms with Gasteiger partial charge in [-0.05, 0) is 25.8 Å². The summed E-state index contributed by atoms with van der Waals surface area (Å²) in [5.74, 6) is 0.782. The first-order valence-corrected chi connectivity index (χ1v) is 9.39. The SMILES string of the molecule is C[C@@H](Oc1nc(-c2cnn(C3CC3)c2)cc2nn(C)cc12)C1CNC(=O)C1. The molecule has 1 amide bonds. The molecule has 1 saturated carbocycles. The van der Waals surface area contributed by atoms with Gasteiger partial charge < -0.3 is 10.1 Å². The first-order valence-electron chi connectivity index (χ1n) is 9.39. The molecule has 0 aromatic carbocycles. The minimum atomic E-state index is -0.121. The number of hydrogen-bond acceptors (Lipinski definition) is 5. The lowest BCUT2D eigenvalue weighted by Gasteiger charge is -2.19. The molecule has 0 radical (unpaired) electrons. The standard InChI is InChI=1S/C19H22N6O2/c1-11(12-5-18(26)20-7-12)27-19-15-10-24(2)23-17(15)6-16(22-19)13-8-21-25(9-13)14-3-4-14/h6,8-12,14H,3-5,7H2,1-2H3,(H,20,26)/t11-,12?/m1/s1. The Morgan fingerprint density at radius 3 is 2.93 bits per heavy atom. The second-order valence-electron chi connectivity index (χ2n) is 7.58. The predicted molar refractivity (Wildman–Crippen MR) is 99.2 cm³/mol. The molecule has 3 aromatic heterocycles. The van der Waals surface area contributed by atoms with Gasteiger partial charge >= 0.3 is 0 Å². The molecule has 1 aliphatic heterocycles. The fourth-order valence-electron chi connectivity index (χ4n) is 3.59. The van der Waals surface area contributed by atoms with Gasteiger partial charge in [-0.1, -0.05) is 0 Å². The van der Waals surface area contributed by atoms with E-state index in [0.29, 0.717) is 24.9 Å². The number of nitrogens with one attached hydrogen (secondary N) is 1. The Labute approximate surface area is 156 Å². The van der Waals surface area contributed by atoms with E-state index in [4.69, 9.17) is 9.72 Å². The summed E-state index contributed by atoms with van der Waals surface area (Å²) in [5.41, 5.74) is 2.60. The van der Waals surface area contributed by atoms with E-state index in [2.05, 4.69) is 15.5 Å². The summed E-state index contributed by atoms with van der Waals surface area (Å²) in [5, 5.41) is 12.7. The summed E-state index contributed by atoms with van der Waals surface area (Å²) in [4.78, 5) is 16.3. The topological polar surface area (TPSA) is 86.9 Å². The molecule has 8 heteroatoms. The van der Waals surface area contributed by atoms with Gasteiger partial charge in [0.05, 0.1) is 28.8 Å². The summed E-state index contributed by atoms with van der Waals surface area (Å²) in [6.07, 6.45) is 8.56. The maximum Gasteiger partial charge on any atom is 0.225 e. The minimum absolute atomic E-state index is 0.0798. The van der Waals surface area contributed by atoms with Crippen LogP contribution in [-0.4, -0.2) is 43.1 Å². The predicted octanol–water partition coefficient (Wildman–Crippen LogP) is 2.07. The molecule has 2 atom stereocenters. The first-order chi connectivity index (χ1) is 13.1. The Bertz CT molecular complexity index is 1020. The maximum absolute atomic E-state index is 11.5. The van der Waals surface area contributed by atoms with Gasteiger partial charge in [-0.15, -0.1) is 0 Å². The van der Waals surface area contributed by atoms with Crippen molar-refractivity contribution >= 4 is 16.8 Å². The highest BCUT2D eigenvalue weighted by Gasteiger charge is 2.29. The number of fused-ring (bicyclic) bond motifs is 1. The van der Waals surface area contributed by atoms with Gasteiger partial charge in [0, 0.05) is 43.9 Å². The number of aromatic nitrogens is 5. The number of carbonyl (C=O) groups is 1. The van der Waals surface area contributed by atoms with Gasteiger partial charge in [-0.3, -0.25) is 14.2 Å². The summed E-state index contributed by atoms with van der Waals surface area (Å²) < 4.78 is 10.00. The van der Waals surface area contributed by atoms with Crippen molar-refractivity contribution in [3.8, 4) is 17.1 Å². The third-order valence-corrected chi connectivity index (χ3v) is 5.37. The van der Waals surface area contributed by atoms with E-state index < -0.39 is 0 Å². The Morgan fingerprint density at radius 1 is 1.33 bits per heavy atom. The number of aryl methyl sites for hydroxylation is 1. The number of hydrogen-bond donors (Lipinski definition) is 1. The normalized spacial score (nSPS) is 20.8. The van der Waals surface area contributed by atoms with Crippen LogP contribution in [0.25, 0.3) is 22.2 Å². The number of carbonyl (C=O) groups excluding carboxylic acids is 1. The zero-order valence-corrected chi connectivity index (χ0v) is 15.4. The summed E-state index contributed by atoms with van der Waals surface area (Å²) in [6.45, 7) is 2.64. The van der Waals surface area contributed by atoms with Crippen LogP contribution in [0, 0.1) is 5.92 Å². The molecule has 0 bridgehead atoms. The highest BCUT2D eigenvalue weighted by atomic mass is 16.5. The number of rotatable bonds is 5. The van der Waals surface area contributed by atoms with Gasteiger partial charge in [0.2, 0.25) is 11.8 Å². The molecule has 8 nitrogen and oxygen atoms in total. The highest BCUT2D eigenvalue weighted by Crippen LogP contribution is 2.36. The molecular weight excluding hydrogens is 344 g/mol. The number of nitrogens with zero attached hydrogens (tertiary/aromatic N) is 5. The van der Waals surface area contributed by atoms with Crippen molar-refractivity contribution in [2.45, 2.75) is 38.3 Å². The first kappa shape index (κ1) is 16.3. The second-order valence-corrected chi connectivity index (χ2v) is 7.58. The van der Waals surface area contributed by atoms with Gasteiger partial charge in [0.25, 0.3) is 0 Å². The zero-order chi connectivity index (χ0) is 18.5. The van der Waals surface area contributed by atoms with Gasteiger partial charge in [-0.2, -0.15) is 10.2 Å². The molecule has 3 aromatic rings. The van der Waals surface area contributed by atoms with Crippen molar-refractivity contribution in [1.29, 1.82) is 0 Å². The Morgan fingerprint density at radius 2 is 2.19 bits per heavy atom. The van der Waals surface area contributed by atoms with Crippen molar-refractivity contribution in [3.63, 3.8) is 0 Å². The van der Waals surface area contributed by atoms with Crippen LogP contribution < -0.4 is 10.1 Å². The molecule has 2 fully saturated rings. The molecule has 4 heterocycles. The van der Waals surface area contributed by atoms with Crippen LogP contribution >= 0.6 is 0 Å². The molecule has 1 aliphatic carbocycles. The van der Waals surface area contributed by atoms with E-state index in [1.165, 1.54) is 12.8 Å². The van der Waals surface area contributed by atoms with Crippen LogP contribution in [-0.2, 0) is 11.8 Å². The lowest BCUT2D eigenvalue weighted by Crippen LogP contribution is -2.26. The van der Waals surface area contributed by atoms with Crippen LogP contribution in [0.1, 0.15) is 32.2 Å². The third kappa shape index (κ3) is 3.05. The van der Waals surface area contributed by atoms with Crippen molar-refractivity contribution in [2.75, 3.05) is 6.54 Å². The van der Waals surface area contributed by atoms with E-state index in [9.17, 15) is 4.79 Å². The van der Waals surface area contributed by atoms with E-state index >= 15 is 0 Å². The van der Waals surface area contributed by atoms with E-state index in [-0.39, 0.29) is 17.9 Å². The van der Waals surface area contributed by atoms with Crippen molar-refractivity contribution in [2.24, 2.45) is 13.0 Å². The average molecular weight is 366 g/mol. The lowest BCUT2D eigenvalue weighted by molar-refractivity contribution is -0.119. The molecular formula is C19H22N6O2. The van der Waals surface area contributed by atoms with Gasteiger partial charge in [0.15, 0.2) is 0 Å². The van der Waals surface area contributed by atoms with E-state index in [1.807, 2.05) is 43.3 Å². The quantitative estimate of drug-likeness (QED) is 0.747. The smallest absolute Gasteiger partial charge is 0.225 e. The molecule has 0 spiro atoms. The molecule has 1 saturated heterocycles. The average Bonchev–Trinajstić information content (AvgIpc) is 3.04. The lowest BCUT2D eigenvalue weighted by atomic mass is 10.0. The molecule has 2 aliphatic rings. The van der Waals surface area contributed by atoms with E-state index in [1.54, 1.807) is 4.68 Å². The van der Waals surface area contributed by atoms with Crippen LogP contribution in [0.2, 0.25) is 0 Å². The number of amides is 1. The molecule has 1 unspecified atom stereocenters. The molecule has 1 N–H and O–H groups in total. The van der Waals surface area contributed by atoms with Crippen LogP contribution in [0.5, 0.6) is 5.88 Å². The fourth-order valence-corrected chi connectivity index (χ4v) is 3.59. The summed E-state index contributed by atoms with van der Waals surface area (Å²) in [7, 11) is 1.89. The monoisotopic (exact) mass is 366 g/mol. The van der Waals surface area contributed by atoms with Gasteiger partial charge in [-0.25, -0.2) is 4.98 Å². The zero-order valence-electron chi connectivity index (χ0n) is 15.4. The molecule has 5 rings (SSSR count). The second kappa shape index (κ2) is 6.07. The summed E-state index contributed by atoms with van der Waals surface area (Å²) >= 11 is 0. The summed E-state index contributed by atoms with van der Waals surface area (Å²) in [6, 6.07) is 2.50.